The molecule has 12 radical (unpaired) electrons. The number of hydrogen-bond acceptors (Lipinski definition) is 0. The predicted molar refractivity (Wildman–Crippen MR) is 129 cm³/mol. The first kappa shape index (κ1) is 369. The third kappa shape index (κ3) is 33800. The van der Waals surface area contributed by atoms with Crippen molar-refractivity contribution in [2.75, 3.05) is 0 Å². The fraction of sp³-hybridized carbons (Fsp3) is 0. The van der Waals surface area contributed by atoms with Crippen molar-refractivity contribution in [3.05, 3.63) is 160 Å². The summed E-state index contributed by atoms with van der Waals surface area (Å²) in [6.45, 7) is 108. The summed E-state index contributed by atoms with van der Waals surface area (Å²) in [4.78, 5) is 0. The van der Waals surface area contributed by atoms with Crippen LogP contribution in [0.1, 0.15) is 0 Å². The van der Waals surface area contributed by atoms with Crippen molar-refractivity contribution >= 4 is 142 Å². The van der Waals surface area contributed by atoms with Gasteiger partial charge in [0.15, 0.2) is 0 Å². The van der Waals surface area contributed by atoms with Crippen LogP contribution in [-0.4, -0.2) is 142 Å². The molecule has 0 heterocycles. The maximum Gasteiger partial charge on any atom is 0 e. The molecule has 0 unspecified atom stereocenters. The van der Waals surface area contributed by atoms with E-state index in [1.165, 1.54) is 0 Å². The summed E-state index contributed by atoms with van der Waals surface area (Å²) < 4.78 is 180. The molecule has 0 aliphatic rings. The first-order valence-electron chi connectivity index (χ1n) is 4.90. The number of rotatable bonds is 0. The Morgan fingerprint density at radius 3 is 0.0806 bits per heavy atom. The fourth-order valence-electron chi connectivity index (χ4n) is 0. The van der Waals surface area contributed by atoms with Crippen molar-refractivity contribution in [3.8, 4) is 0 Å². The van der Waals surface area contributed by atoms with E-state index in [1.54, 1.807) is 0 Å². The van der Waals surface area contributed by atoms with Gasteiger partial charge in [0.25, 0.3) is 0 Å². The second-order valence-electron chi connectivity index (χ2n) is 0. The third-order valence-corrected chi connectivity index (χ3v) is 0. The van der Waals surface area contributed by atoms with Gasteiger partial charge in [-0.1, -0.05) is 0 Å². The summed E-state index contributed by atoms with van der Waals surface area (Å²) in [5, 5.41) is 0. The summed E-state index contributed by atoms with van der Waals surface area (Å²) in [6.07, 6.45) is 0. The van der Waals surface area contributed by atoms with Crippen LogP contribution in [0.5, 0.6) is 0 Å². The van der Waals surface area contributed by atoms with Gasteiger partial charge in [0, 0.05) is 279 Å². The van der Waals surface area contributed by atoms with Gasteiger partial charge in [-0.05, 0) is 0 Å². The maximum absolute atomic E-state index is 7.50. The van der Waals surface area contributed by atoms with Crippen molar-refractivity contribution in [2.45, 2.75) is 0 Å². The van der Waals surface area contributed by atoms with E-state index in [0.717, 1.165) is 0 Å². The zero-order chi connectivity index (χ0) is 48.0. The normalized spacial score (nSPS) is 0.774. The molecule has 0 saturated heterocycles. The molecule has 0 bridgehead atoms. The van der Waals surface area contributed by atoms with Crippen molar-refractivity contribution in [1.29, 1.82) is 0 Å². The maximum atomic E-state index is 7.50. The first-order valence-corrected chi connectivity index (χ1v) is 4.90. The van der Waals surface area contributed by atoms with E-state index < -0.39 is 0 Å². The smallest absolute Gasteiger partial charge is 0 e. The summed E-state index contributed by atoms with van der Waals surface area (Å²) in [7, 11) is 0. The van der Waals surface area contributed by atoms with Gasteiger partial charge in [-0.15, -0.1) is 0 Å². The van der Waals surface area contributed by atoms with Gasteiger partial charge in [-0.3, -0.25) is 0 Å². The second kappa shape index (κ2) is 35500. The molecule has 0 atom stereocenters. The van der Waals surface area contributed by atoms with Crippen LogP contribution < -0.4 is 0 Å². The average molecular weight is 1880 g/mol. The van der Waals surface area contributed by atoms with Crippen LogP contribution in [0.2, 0.25) is 0 Å². The monoisotopic (exact) mass is 1900 g/mol. The van der Waals surface area contributed by atoms with E-state index in [4.69, 9.17) is 112 Å². The third-order valence-electron chi connectivity index (χ3n) is 0. The zero-order valence-corrected chi connectivity index (χ0v) is 49.9. The summed E-state index contributed by atoms with van der Waals surface area (Å²) >= 11 is 0. The molecule has 0 aliphatic carbocycles. The molecule has 0 aromatic heterocycles. The van der Waals surface area contributed by atoms with E-state index in [-0.39, 0.29) is 279 Å². The molecule has 0 N–H and O–H groups in total. The molecular formula is C24Fe8O24Te6. The van der Waals surface area contributed by atoms with Gasteiger partial charge < -0.3 is 0 Å². The van der Waals surface area contributed by atoms with Gasteiger partial charge in [-0.25, -0.2) is 0 Å². The first-order chi connectivity index (χ1) is 24.0. The van der Waals surface area contributed by atoms with Crippen LogP contribution >= 0.6 is 0 Å². The van der Waals surface area contributed by atoms with E-state index >= 15 is 0 Å². The minimum Gasteiger partial charge on any atom is 0 e. The molecular weight excluding hydrogens is 1880 g/mol. The fourth-order valence-corrected chi connectivity index (χ4v) is 0. The molecule has 38 heteroatoms. The largest absolute Gasteiger partial charge is 0 e. The van der Waals surface area contributed by atoms with Gasteiger partial charge in [0.2, 0.25) is 0 Å². The molecule has 0 amide bonds. The van der Waals surface area contributed by atoms with E-state index in [1.807, 2.05) is 0 Å². The Bertz CT molecular complexity index is 554. The predicted octanol–water partition coefficient (Wildman–Crippen LogP) is -3.21. The molecule has 340 valence electrons. The Balaban J connectivity index is -0.00000000267. The van der Waals surface area contributed by atoms with Crippen LogP contribution in [0.3, 0.4) is 0 Å². The Kier molecular flexibility index (Phi) is 211000. The van der Waals surface area contributed by atoms with Gasteiger partial charge in [-0.2, -0.15) is 0 Å². The van der Waals surface area contributed by atoms with Crippen molar-refractivity contribution in [1.82, 2.24) is 0 Å². The average Bonchev–Trinajstić information content (AvgIpc) is 3.34. The molecule has 0 rings (SSSR count). The van der Waals surface area contributed by atoms with Crippen molar-refractivity contribution < 1.29 is 248 Å². The van der Waals surface area contributed by atoms with Crippen molar-refractivity contribution in [3.63, 3.8) is 0 Å². The molecule has 0 aliphatic heterocycles. The van der Waals surface area contributed by atoms with Crippen LogP contribution in [0.25, 0.3) is 0 Å². The van der Waals surface area contributed by atoms with Gasteiger partial charge in [0.05, 0.1) is 0 Å². The van der Waals surface area contributed by atoms with Crippen LogP contribution in [-0.2, 0) is 248 Å². The SMILES string of the molecule is [C-]#[O+].[C-]#[O+].[C-]#[O+].[C-]#[O+].[C-]#[O+].[C-]#[O+].[C-]#[O+].[C-]#[O+].[C-]#[O+].[C-]#[O+].[C-]#[O+].[C-]#[O+].[C-]#[O+].[C-]#[O+].[C-]#[O+].[C-]#[O+].[C-]#[O+].[C-]#[O+].[C-]#[O+].[C-]#[O+].[C-]#[O+].[C-]#[O+].[C-]#[O+].[C-]#[O+].[Fe].[Fe].[Fe].[Fe].[Fe].[Fe].[Fe].[Fe].[Te].[Te].[Te].[Te].[Te].[Te]. The zero-order valence-electron chi connectivity index (χ0n) is 27.1. The second-order valence-corrected chi connectivity index (χ2v) is 0. The standard InChI is InChI=1S/24CO.8Fe.6Te/c24*1-2;;;;;;;;;;;;;;. The number of hydrogen-bond donors (Lipinski definition) is 0. The van der Waals surface area contributed by atoms with Crippen LogP contribution in [0.4, 0.5) is 0 Å². The Morgan fingerprint density at radius 2 is 0.0806 bits per heavy atom. The summed E-state index contributed by atoms with van der Waals surface area (Å²) in [5.74, 6) is 0. The minimum absolute atomic E-state index is 0. The van der Waals surface area contributed by atoms with Crippen LogP contribution in [0.15, 0.2) is 0 Å². The van der Waals surface area contributed by atoms with E-state index in [2.05, 4.69) is 160 Å². The minimum atomic E-state index is 0. The molecule has 0 fully saturated rings. The van der Waals surface area contributed by atoms with Crippen LogP contribution in [0, 0.1) is 160 Å². The molecule has 0 aromatic carbocycles. The Labute approximate surface area is 541 Å². The molecule has 0 aromatic rings. The Morgan fingerprint density at radius 1 is 0.0806 bits per heavy atom. The van der Waals surface area contributed by atoms with E-state index in [9.17, 15) is 0 Å². The molecule has 62 heavy (non-hydrogen) atoms. The molecule has 0 spiro atoms. The van der Waals surface area contributed by atoms with Crippen molar-refractivity contribution in [2.24, 2.45) is 0 Å². The summed E-state index contributed by atoms with van der Waals surface area (Å²) in [5.41, 5.74) is 0. The molecule has 0 saturated carbocycles. The topological polar surface area (TPSA) is 478 Å². The van der Waals surface area contributed by atoms with Gasteiger partial charge >= 0.3 is 271 Å². The quantitative estimate of drug-likeness (QED) is 0.131. The van der Waals surface area contributed by atoms with E-state index in [0.29, 0.717) is 0 Å². The van der Waals surface area contributed by atoms with Gasteiger partial charge in [0.1, 0.15) is 0 Å². The summed E-state index contributed by atoms with van der Waals surface area (Å²) in [6, 6.07) is 0. The Hall–Kier alpha value is 2.65. The molecule has 24 nitrogen and oxygen atoms in total.